The van der Waals surface area contributed by atoms with Crippen molar-refractivity contribution in [1.82, 2.24) is 25.7 Å². The molecule has 3 saturated heterocycles. The van der Waals surface area contributed by atoms with Crippen LogP contribution in [0.5, 0.6) is 5.75 Å². The molecular formula is C24H28N6O3. The van der Waals surface area contributed by atoms with Crippen molar-refractivity contribution in [1.29, 1.82) is 0 Å². The normalized spacial score (nSPS) is 21.5. The number of piperidine rings is 3. The molecule has 4 heterocycles. The largest absolute Gasteiger partial charge is 0.497 e. The third kappa shape index (κ3) is 4.63. The second-order valence-electron chi connectivity index (χ2n) is 8.71. The molecule has 9 heteroatoms. The zero-order chi connectivity index (χ0) is 22.8. The minimum Gasteiger partial charge on any atom is -0.497 e. The van der Waals surface area contributed by atoms with E-state index in [2.05, 4.69) is 31.0 Å². The number of aromatic nitrogens is 2. The van der Waals surface area contributed by atoms with E-state index in [0.29, 0.717) is 29.2 Å². The van der Waals surface area contributed by atoms with Gasteiger partial charge in [-0.05, 0) is 67.7 Å². The van der Waals surface area contributed by atoms with Gasteiger partial charge in [0.05, 0.1) is 12.6 Å². The van der Waals surface area contributed by atoms with Gasteiger partial charge in [-0.1, -0.05) is 12.1 Å². The average Bonchev–Trinajstić information content (AvgIpc) is 3.27. The number of fused-ring (bicyclic) bond motifs is 4. The highest BCUT2D eigenvalue weighted by Crippen LogP contribution is 2.28. The Hall–Kier alpha value is -3.59. The molecule has 2 aromatic carbocycles. The van der Waals surface area contributed by atoms with Gasteiger partial charge >= 0.3 is 6.03 Å². The topological polar surface area (TPSA) is 111 Å². The Balaban J connectivity index is 1.24. The van der Waals surface area contributed by atoms with Crippen LogP contribution in [0.15, 0.2) is 42.5 Å². The number of hydrogen-bond acceptors (Lipinski definition) is 5. The van der Waals surface area contributed by atoms with Gasteiger partial charge in [-0.15, -0.1) is 0 Å². The molecule has 2 bridgehead atoms. The fraction of sp³-hybridized carbons (Fsp3) is 0.375. The van der Waals surface area contributed by atoms with Crippen molar-refractivity contribution in [3.05, 3.63) is 53.7 Å². The lowest BCUT2D eigenvalue weighted by Gasteiger charge is -2.44. The third-order valence-electron chi connectivity index (χ3n) is 6.60. The van der Waals surface area contributed by atoms with E-state index < -0.39 is 0 Å². The first-order valence-corrected chi connectivity index (χ1v) is 11.3. The SMILES string of the molecule is COc1cccc(CNC(=O)Nc2ccc3[nH]nc(C(=O)N[C@H]4CN5CCC4CC5)c3c2)c1. The molecule has 6 rings (SSSR count). The Bertz CT molecular complexity index is 1170. The Morgan fingerprint density at radius 1 is 1.18 bits per heavy atom. The van der Waals surface area contributed by atoms with E-state index in [0.717, 1.165) is 49.3 Å². The summed E-state index contributed by atoms with van der Waals surface area (Å²) in [5.41, 5.74) is 2.61. The Kier molecular flexibility index (Phi) is 5.87. The lowest BCUT2D eigenvalue weighted by Crippen LogP contribution is -2.57. The number of ether oxygens (including phenoxy) is 1. The molecule has 4 N–H and O–H groups in total. The predicted octanol–water partition coefficient (Wildman–Crippen LogP) is 2.72. The van der Waals surface area contributed by atoms with Crippen LogP contribution in [0.1, 0.15) is 28.9 Å². The second-order valence-corrected chi connectivity index (χ2v) is 8.71. The Morgan fingerprint density at radius 2 is 2.03 bits per heavy atom. The molecule has 33 heavy (non-hydrogen) atoms. The molecule has 3 fully saturated rings. The van der Waals surface area contributed by atoms with Crippen LogP contribution in [0.25, 0.3) is 10.9 Å². The molecule has 0 spiro atoms. The molecule has 3 amide bonds. The Labute approximate surface area is 191 Å². The highest BCUT2D eigenvalue weighted by molar-refractivity contribution is 6.06. The molecule has 0 unspecified atom stereocenters. The van der Waals surface area contributed by atoms with Crippen LogP contribution in [0.3, 0.4) is 0 Å². The molecular weight excluding hydrogens is 420 g/mol. The van der Waals surface area contributed by atoms with Gasteiger partial charge in [0.2, 0.25) is 0 Å². The number of amides is 3. The van der Waals surface area contributed by atoms with Gasteiger partial charge in [0.1, 0.15) is 5.75 Å². The molecule has 0 radical (unpaired) electrons. The molecule has 3 aliphatic heterocycles. The van der Waals surface area contributed by atoms with Crippen LogP contribution in [0.4, 0.5) is 10.5 Å². The standard InChI is InChI=1S/C24H28N6O3/c1-33-18-4-2-3-15(11-18)13-25-24(32)26-17-5-6-20-19(12-17)22(29-28-20)23(31)27-21-14-30-9-7-16(21)8-10-30/h2-6,11-12,16,21H,7-10,13-14H2,1H3,(H,27,31)(H,28,29)(H2,25,26,32)/t21-/m0/s1. The number of H-pyrrole nitrogens is 1. The maximum atomic E-state index is 13.0. The number of urea groups is 1. The van der Waals surface area contributed by atoms with E-state index in [9.17, 15) is 9.59 Å². The number of rotatable bonds is 6. The number of hydrogen-bond donors (Lipinski definition) is 4. The molecule has 1 aromatic heterocycles. The average molecular weight is 449 g/mol. The van der Waals surface area contributed by atoms with E-state index in [1.165, 1.54) is 0 Å². The van der Waals surface area contributed by atoms with Crippen molar-refractivity contribution in [2.24, 2.45) is 5.92 Å². The first kappa shape index (κ1) is 21.3. The third-order valence-corrected chi connectivity index (χ3v) is 6.60. The molecule has 9 nitrogen and oxygen atoms in total. The monoisotopic (exact) mass is 448 g/mol. The summed E-state index contributed by atoms with van der Waals surface area (Å²) in [7, 11) is 1.61. The molecule has 172 valence electrons. The summed E-state index contributed by atoms with van der Waals surface area (Å²) in [4.78, 5) is 27.8. The lowest BCUT2D eigenvalue weighted by atomic mass is 9.84. The highest BCUT2D eigenvalue weighted by Gasteiger charge is 2.35. The summed E-state index contributed by atoms with van der Waals surface area (Å²) >= 11 is 0. The zero-order valence-electron chi connectivity index (χ0n) is 18.6. The highest BCUT2D eigenvalue weighted by atomic mass is 16.5. The van der Waals surface area contributed by atoms with Crippen molar-refractivity contribution >= 4 is 28.5 Å². The minimum atomic E-state index is -0.334. The van der Waals surface area contributed by atoms with Crippen LogP contribution in [-0.4, -0.2) is 59.8 Å². The molecule has 3 aromatic rings. The first-order chi connectivity index (χ1) is 16.1. The van der Waals surface area contributed by atoms with Gasteiger partial charge in [0, 0.05) is 30.2 Å². The van der Waals surface area contributed by atoms with Gasteiger partial charge in [0.15, 0.2) is 5.69 Å². The van der Waals surface area contributed by atoms with Crippen LogP contribution in [0, 0.1) is 5.92 Å². The number of nitrogens with one attached hydrogen (secondary N) is 4. The summed E-state index contributed by atoms with van der Waals surface area (Å²) in [6.07, 6.45) is 2.26. The molecule has 1 atom stereocenters. The Morgan fingerprint density at radius 3 is 2.79 bits per heavy atom. The van der Waals surface area contributed by atoms with Crippen molar-refractivity contribution < 1.29 is 14.3 Å². The van der Waals surface area contributed by atoms with Gasteiger partial charge in [0.25, 0.3) is 5.91 Å². The quantitative estimate of drug-likeness (QED) is 0.463. The fourth-order valence-electron chi connectivity index (χ4n) is 4.77. The second kappa shape index (κ2) is 9.11. The predicted molar refractivity (Wildman–Crippen MR) is 125 cm³/mol. The number of methoxy groups -OCH3 is 1. The molecule has 3 aliphatic rings. The smallest absolute Gasteiger partial charge is 0.319 e. The van der Waals surface area contributed by atoms with E-state index in [-0.39, 0.29) is 18.0 Å². The maximum absolute atomic E-state index is 13.0. The van der Waals surface area contributed by atoms with Crippen LogP contribution < -0.4 is 20.7 Å². The zero-order valence-corrected chi connectivity index (χ0v) is 18.6. The number of carbonyl (C=O) groups is 2. The van der Waals surface area contributed by atoms with E-state index in [4.69, 9.17) is 4.74 Å². The van der Waals surface area contributed by atoms with Crippen molar-refractivity contribution in [3.8, 4) is 5.75 Å². The minimum absolute atomic E-state index is 0.162. The summed E-state index contributed by atoms with van der Waals surface area (Å²) in [6.45, 7) is 3.51. The number of benzene rings is 2. The molecule has 0 aliphatic carbocycles. The summed E-state index contributed by atoms with van der Waals surface area (Å²) in [5.74, 6) is 1.10. The lowest BCUT2D eigenvalue weighted by molar-refractivity contribution is 0.0618. The van der Waals surface area contributed by atoms with E-state index in [1.54, 1.807) is 19.2 Å². The van der Waals surface area contributed by atoms with Crippen molar-refractivity contribution in [2.45, 2.75) is 25.4 Å². The summed E-state index contributed by atoms with van der Waals surface area (Å²) in [6, 6.07) is 12.7. The maximum Gasteiger partial charge on any atom is 0.319 e. The van der Waals surface area contributed by atoms with E-state index in [1.807, 2.05) is 30.3 Å². The van der Waals surface area contributed by atoms with Crippen LogP contribution in [0.2, 0.25) is 0 Å². The van der Waals surface area contributed by atoms with Crippen molar-refractivity contribution in [2.75, 3.05) is 32.1 Å². The summed E-state index contributed by atoms with van der Waals surface area (Å²) in [5, 5.41) is 16.7. The number of anilines is 1. The summed E-state index contributed by atoms with van der Waals surface area (Å²) < 4.78 is 5.21. The number of aromatic amines is 1. The van der Waals surface area contributed by atoms with Crippen molar-refractivity contribution in [3.63, 3.8) is 0 Å². The van der Waals surface area contributed by atoms with Gasteiger partial charge in [-0.2, -0.15) is 5.10 Å². The van der Waals surface area contributed by atoms with E-state index >= 15 is 0 Å². The number of nitrogens with zero attached hydrogens (tertiary/aromatic N) is 2. The number of carbonyl (C=O) groups excluding carboxylic acids is 2. The van der Waals surface area contributed by atoms with Gasteiger partial charge < -0.3 is 25.6 Å². The molecule has 0 saturated carbocycles. The van der Waals surface area contributed by atoms with Crippen LogP contribution >= 0.6 is 0 Å². The van der Waals surface area contributed by atoms with Crippen LogP contribution in [-0.2, 0) is 6.54 Å². The first-order valence-electron chi connectivity index (χ1n) is 11.3. The van der Waals surface area contributed by atoms with Gasteiger partial charge in [-0.3, -0.25) is 9.89 Å². The van der Waals surface area contributed by atoms with Gasteiger partial charge in [-0.25, -0.2) is 4.79 Å². The fourth-order valence-corrected chi connectivity index (χ4v) is 4.77.